The van der Waals surface area contributed by atoms with Gasteiger partial charge in [0, 0.05) is 23.5 Å². The van der Waals surface area contributed by atoms with Gasteiger partial charge >= 0.3 is 0 Å². The maximum Gasteiger partial charge on any atom is 0.263 e. The minimum atomic E-state index is -0.444. The van der Waals surface area contributed by atoms with Gasteiger partial charge in [-0.3, -0.25) is 14.2 Å². The van der Waals surface area contributed by atoms with Crippen LogP contribution in [0.4, 0.5) is 5.82 Å². The van der Waals surface area contributed by atoms with E-state index in [0.29, 0.717) is 23.4 Å². The third-order valence-corrected chi connectivity index (χ3v) is 7.99. The number of nitrogens with one attached hydrogen (secondary N) is 1. The summed E-state index contributed by atoms with van der Waals surface area (Å²) in [4.78, 5) is 33.2. The van der Waals surface area contributed by atoms with Gasteiger partial charge in [0.15, 0.2) is 5.16 Å². The zero-order valence-corrected chi connectivity index (χ0v) is 20.6. The third-order valence-electron chi connectivity index (χ3n) is 5.75. The van der Waals surface area contributed by atoms with Gasteiger partial charge in [-0.15, -0.1) is 17.9 Å². The van der Waals surface area contributed by atoms with Crippen molar-refractivity contribution in [3.8, 4) is 0 Å². The number of rotatable bonds is 7. The predicted octanol–water partition coefficient (Wildman–Crippen LogP) is 4.67. The summed E-state index contributed by atoms with van der Waals surface area (Å²) in [5.74, 6) is 1.13. The van der Waals surface area contributed by atoms with E-state index >= 15 is 0 Å². The SMILES string of the molecule is C=CCn1c(SC(C)C(=O)Nc2ccnn2C(C)C)nc2sc3c(c2c1=O)CCC(C)C3. The van der Waals surface area contributed by atoms with Gasteiger partial charge in [-0.05, 0) is 51.5 Å². The highest BCUT2D eigenvalue weighted by Crippen LogP contribution is 2.37. The van der Waals surface area contributed by atoms with E-state index in [9.17, 15) is 9.59 Å². The second-order valence-corrected chi connectivity index (χ2v) is 11.0. The highest BCUT2D eigenvalue weighted by molar-refractivity contribution is 8.00. The first-order valence-electron chi connectivity index (χ1n) is 11.0. The van der Waals surface area contributed by atoms with Crippen molar-refractivity contribution in [2.75, 3.05) is 5.32 Å². The van der Waals surface area contributed by atoms with Gasteiger partial charge in [0.1, 0.15) is 10.6 Å². The van der Waals surface area contributed by atoms with E-state index in [4.69, 9.17) is 4.98 Å². The Kier molecular flexibility index (Phi) is 6.57. The number of anilines is 1. The number of hydrogen-bond acceptors (Lipinski definition) is 6. The Labute approximate surface area is 195 Å². The molecule has 2 atom stereocenters. The number of nitrogens with zero attached hydrogens (tertiary/aromatic N) is 4. The number of thioether (sulfide) groups is 1. The molecule has 0 aromatic carbocycles. The molecule has 0 saturated carbocycles. The monoisotopic (exact) mass is 471 g/mol. The van der Waals surface area contributed by atoms with Crippen LogP contribution in [0, 0.1) is 5.92 Å². The van der Waals surface area contributed by atoms with E-state index in [-0.39, 0.29) is 17.5 Å². The number of aryl methyl sites for hydroxylation is 1. The first kappa shape index (κ1) is 22.8. The Balaban J connectivity index is 1.65. The molecule has 4 rings (SSSR count). The van der Waals surface area contributed by atoms with Crippen LogP contribution in [0.2, 0.25) is 0 Å². The molecule has 0 radical (unpaired) electrons. The van der Waals surface area contributed by atoms with Crippen molar-refractivity contribution in [1.82, 2.24) is 19.3 Å². The zero-order valence-electron chi connectivity index (χ0n) is 18.9. The van der Waals surface area contributed by atoms with Gasteiger partial charge < -0.3 is 5.32 Å². The summed E-state index contributed by atoms with van der Waals surface area (Å²) in [6.45, 7) is 12.3. The van der Waals surface area contributed by atoms with Crippen LogP contribution < -0.4 is 10.9 Å². The molecule has 1 N–H and O–H groups in total. The molecule has 3 aromatic heterocycles. The first-order chi connectivity index (χ1) is 15.3. The van der Waals surface area contributed by atoms with Crippen molar-refractivity contribution in [3.63, 3.8) is 0 Å². The number of amides is 1. The number of aromatic nitrogens is 4. The minimum Gasteiger partial charge on any atom is -0.310 e. The maximum absolute atomic E-state index is 13.4. The molecule has 0 spiro atoms. The molecular weight excluding hydrogens is 442 g/mol. The molecule has 1 amide bonds. The molecule has 1 aliphatic carbocycles. The average Bonchev–Trinajstić information content (AvgIpc) is 3.34. The first-order valence-corrected chi connectivity index (χ1v) is 12.7. The third kappa shape index (κ3) is 4.28. The second-order valence-electron chi connectivity index (χ2n) is 8.63. The van der Waals surface area contributed by atoms with Gasteiger partial charge in [0.05, 0.1) is 16.8 Å². The number of fused-ring (bicyclic) bond motifs is 3. The van der Waals surface area contributed by atoms with Crippen LogP contribution in [0.15, 0.2) is 34.9 Å². The van der Waals surface area contributed by atoms with E-state index in [0.717, 1.165) is 29.5 Å². The highest BCUT2D eigenvalue weighted by atomic mass is 32.2. The van der Waals surface area contributed by atoms with E-state index in [1.54, 1.807) is 38.9 Å². The normalized spacial score (nSPS) is 16.8. The summed E-state index contributed by atoms with van der Waals surface area (Å²) in [6.07, 6.45) is 6.40. The van der Waals surface area contributed by atoms with Crippen LogP contribution in [-0.4, -0.2) is 30.5 Å². The molecule has 9 heteroatoms. The predicted molar refractivity (Wildman–Crippen MR) is 132 cm³/mol. The van der Waals surface area contributed by atoms with E-state index in [1.165, 1.54) is 22.2 Å². The quantitative estimate of drug-likeness (QED) is 0.308. The molecule has 0 bridgehead atoms. The lowest BCUT2D eigenvalue weighted by Gasteiger charge is -2.18. The molecule has 32 heavy (non-hydrogen) atoms. The molecule has 170 valence electrons. The smallest absolute Gasteiger partial charge is 0.263 e. The fourth-order valence-corrected chi connectivity index (χ4v) is 6.39. The molecule has 3 heterocycles. The summed E-state index contributed by atoms with van der Waals surface area (Å²) in [5, 5.41) is 8.07. The van der Waals surface area contributed by atoms with Crippen molar-refractivity contribution < 1.29 is 4.79 Å². The van der Waals surface area contributed by atoms with Crippen molar-refractivity contribution in [2.24, 2.45) is 5.92 Å². The maximum atomic E-state index is 13.4. The Morgan fingerprint density at radius 1 is 1.44 bits per heavy atom. The van der Waals surface area contributed by atoms with Crippen LogP contribution >= 0.6 is 23.1 Å². The number of hydrogen-bond donors (Lipinski definition) is 1. The van der Waals surface area contributed by atoms with Crippen LogP contribution in [0.3, 0.4) is 0 Å². The second kappa shape index (κ2) is 9.23. The Bertz CT molecular complexity index is 1220. The molecule has 7 nitrogen and oxygen atoms in total. The molecule has 3 aromatic rings. The lowest BCUT2D eigenvalue weighted by atomic mass is 9.89. The number of allylic oxidation sites excluding steroid dienone is 1. The van der Waals surface area contributed by atoms with Gasteiger partial charge in [-0.2, -0.15) is 5.10 Å². The van der Waals surface area contributed by atoms with E-state index < -0.39 is 5.25 Å². The Hall–Kier alpha value is -2.39. The van der Waals surface area contributed by atoms with E-state index in [2.05, 4.69) is 23.9 Å². The molecule has 0 aliphatic heterocycles. The highest BCUT2D eigenvalue weighted by Gasteiger charge is 2.26. The lowest BCUT2D eigenvalue weighted by Crippen LogP contribution is -2.27. The van der Waals surface area contributed by atoms with Crippen LogP contribution in [0.1, 0.15) is 50.6 Å². The summed E-state index contributed by atoms with van der Waals surface area (Å²) >= 11 is 2.93. The van der Waals surface area contributed by atoms with Crippen molar-refractivity contribution in [2.45, 2.75) is 70.0 Å². The lowest BCUT2D eigenvalue weighted by molar-refractivity contribution is -0.115. The van der Waals surface area contributed by atoms with Crippen molar-refractivity contribution >= 4 is 45.0 Å². The molecule has 0 fully saturated rings. The molecule has 1 aliphatic rings. The fourth-order valence-electron chi connectivity index (χ4n) is 4.05. The number of carbonyl (C=O) groups is 1. The topological polar surface area (TPSA) is 81.8 Å². The number of thiophene rings is 1. The van der Waals surface area contributed by atoms with Crippen LogP contribution in [0.25, 0.3) is 10.2 Å². The molecule has 2 unspecified atom stereocenters. The summed E-state index contributed by atoms with van der Waals surface area (Å²) in [6, 6.07) is 1.92. The molecular formula is C23H29N5O2S2. The van der Waals surface area contributed by atoms with Gasteiger partial charge in [0.2, 0.25) is 5.91 Å². The fraction of sp³-hybridized carbons (Fsp3) is 0.478. The summed E-state index contributed by atoms with van der Waals surface area (Å²) in [7, 11) is 0. The number of carbonyl (C=O) groups excluding carboxylic acids is 1. The van der Waals surface area contributed by atoms with Crippen LogP contribution in [-0.2, 0) is 24.2 Å². The summed E-state index contributed by atoms with van der Waals surface area (Å²) in [5.41, 5.74) is 1.14. The van der Waals surface area contributed by atoms with Crippen molar-refractivity contribution in [1.29, 1.82) is 0 Å². The Morgan fingerprint density at radius 2 is 2.22 bits per heavy atom. The van der Waals surface area contributed by atoms with Gasteiger partial charge in [-0.1, -0.05) is 24.8 Å². The van der Waals surface area contributed by atoms with Crippen molar-refractivity contribution in [3.05, 3.63) is 45.7 Å². The molecule has 0 saturated heterocycles. The average molecular weight is 472 g/mol. The Morgan fingerprint density at radius 3 is 2.94 bits per heavy atom. The zero-order chi connectivity index (χ0) is 23.0. The van der Waals surface area contributed by atoms with Crippen LogP contribution in [0.5, 0.6) is 0 Å². The largest absolute Gasteiger partial charge is 0.310 e. The van der Waals surface area contributed by atoms with E-state index in [1.807, 2.05) is 20.8 Å². The summed E-state index contributed by atoms with van der Waals surface area (Å²) < 4.78 is 3.41. The minimum absolute atomic E-state index is 0.0325. The standard InChI is InChI=1S/C23H29N5O2S2/c1-6-11-27-22(30)19-16-8-7-14(4)12-17(16)32-21(19)26-23(27)31-15(5)20(29)25-18-9-10-24-28(18)13(2)3/h6,9-10,13-15H,1,7-8,11-12H2,2-5H3,(H,25,29). The van der Waals surface area contributed by atoms with Gasteiger partial charge in [0.25, 0.3) is 5.56 Å². The van der Waals surface area contributed by atoms with Gasteiger partial charge in [-0.25, -0.2) is 9.67 Å².